The Balaban J connectivity index is 2.16. The fourth-order valence-corrected chi connectivity index (χ4v) is 3.47. The molecule has 2 fully saturated rings. The van der Waals surface area contributed by atoms with E-state index in [0.717, 1.165) is 19.3 Å². The molecule has 3 nitrogen and oxygen atoms in total. The van der Waals surface area contributed by atoms with E-state index < -0.39 is 6.04 Å². The third kappa shape index (κ3) is 1.32. The molecule has 0 amide bonds. The standard InChI is InChI=1S/C12H21NO2/c1-3-11(5-4-6-11)12(7-8-12)9(13)10(14)15-2/h9H,3-8,13H2,1-2H3. The Morgan fingerprint density at radius 3 is 2.27 bits per heavy atom. The second kappa shape index (κ2) is 3.48. The molecule has 0 radical (unpaired) electrons. The Morgan fingerprint density at radius 2 is 2.00 bits per heavy atom. The molecule has 2 aliphatic rings. The van der Waals surface area contributed by atoms with Gasteiger partial charge in [0.25, 0.3) is 0 Å². The summed E-state index contributed by atoms with van der Waals surface area (Å²) in [7, 11) is 1.43. The number of hydrogen-bond donors (Lipinski definition) is 1. The van der Waals surface area contributed by atoms with Gasteiger partial charge in [0.2, 0.25) is 0 Å². The van der Waals surface area contributed by atoms with Gasteiger partial charge in [0.15, 0.2) is 0 Å². The van der Waals surface area contributed by atoms with Crippen molar-refractivity contribution in [2.45, 2.75) is 51.5 Å². The summed E-state index contributed by atoms with van der Waals surface area (Å²) >= 11 is 0. The highest BCUT2D eigenvalue weighted by Gasteiger charge is 2.65. The molecule has 2 N–H and O–H groups in total. The first kappa shape index (κ1) is 10.9. The molecular formula is C12H21NO2. The number of carbonyl (C=O) groups excluding carboxylic acids is 1. The molecule has 0 aromatic carbocycles. The van der Waals surface area contributed by atoms with E-state index in [2.05, 4.69) is 6.92 Å². The van der Waals surface area contributed by atoms with E-state index in [1.54, 1.807) is 0 Å². The maximum atomic E-state index is 11.6. The SMILES string of the molecule is CCC1(C2(C(N)C(=O)OC)CC2)CCC1. The summed E-state index contributed by atoms with van der Waals surface area (Å²) in [5.74, 6) is -0.229. The predicted octanol–water partition coefficient (Wildman–Crippen LogP) is 1.85. The quantitative estimate of drug-likeness (QED) is 0.722. The predicted molar refractivity (Wildman–Crippen MR) is 58.2 cm³/mol. The van der Waals surface area contributed by atoms with Gasteiger partial charge in [-0.05, 0) is 37.5 Å². The second-order valence-corrected chi connectivity index (χ2v) is 5.14. The van der Waals surface area contributed by atoms with Crippen molar-refractivity contribution < 1.29 is 9.53 Å². The summed E-state index contributed by atoms with van der Waals surface area (Å²) in [5.41, 5.74) is 6.49. The van der Waals surface area contributed by atoms with Crippen LogP contribution in [0.25, 0.3) is 0 Å². The number of rotatable bonds is 4. The van der Waals surface area contributed by atoms with Crippen molar-refractivity contribution >= 4 is 5.97 Å². The van der Waals surface area contributed by atoms with Gasteiger partial charge in [0, 0.05) is 5.41 Å². The molecule has 3 heteroatoms. The van der Waals surface area contributed by atoms with E-state index in [1.807, 2.05) is 0 Å². The van der Waals surface area contributed by atoms with Gasteiger partial charge in [-0.25, -0.2) is 0 Å². The molecule has 15 heavy (non-hydrogen) atoms. The van der Waals surface area contributed by atoms with Crippen molar-refractivity contribution in [3.05, 3.63) is 0 Å². The first-order valence-electron chi connectivity index (χ1n) is 5.95. The maximum absolute atomic E-state index is 11.6. The minimum absolute atomic E-state index is 0.0765. The van der Waals surface area contributed by atoms with E-state index in [4.69, 9.17) is 10.5 Å². The molecule has 0 spiro atoms. The third-order valence-electron chi connectivity index (χ3n) is 4.88. The molecule has 0 aliphatic heterocycles. The van der Waals surface area contributed by atoms with E-state index in [9.17, 15) is 4.79 Å². The summed E-state index contributed by atoms with van der Waals surface area (Å²) < 4.78 is 4.78. The number of methoxy groups -OCH3 is 1. The molecule has 1 unspecified atom stereocenters. The maximum Gasteiger partial charge on any atom is 0.323 e. The monoisotopic (exact) mass is 211 g/mol. The zero-order chi connectivity index (χ0) is 11.1. The Hall–Kier alpha value is -0.570. The van der Waals surface area contributed by atoms with Gasteiger partial charge in [0.05, 0.1) is 7.11 Å². The van der Waals surface area contributed by atoms with Gasteiger partial charge in [-0.3, -0.25) is 4.79 Å². The molecule has 0 heterocycles. The summed E-state index contributed by atoms with van der Waals surface area (Å²) in [5, 5.41) is 0. The molecule has 0 aromatic heterocycles. The number of ether oxygens (including phenoxy) is 1. The van der Waals surface area contributed by atoms with Crippen molar-refractivity contribution in [1.82, 2.24) is 0 Å². The van der Waals surface area contributed by atoms with Crippen LogP contribution in [0.2, 0.25) is 0 Å². The molecular weight excluding hydrogens is 190 g/mol. The highest BCUT2D eigenvalue weighted by Crippen LogP contribution is 2.69. The van der Waals surface area contributed by atoms with E-state index in [1.165, 1.54) is 26.4 Å². The highest BCUT2D eigenvalue weighted by atomic mass is 16.5. The summed E-state index contributed by atoms with van der Waals surface area (Å²) in [4.78, 5) is 11.6. The lowest BCUT2D eigenvalue weighted by molar-refractivity contribution is -0.147. The van der Waals surface area contributed by atoms with Crippen molar-refractivity contribution in [1.29, 1.82) is 0 Å². The summed E-state index contributed by atoms with van der Waals surface area (Å²) in [6.45, 7) is 2.23. The van der Waals surface area contributed by atoms with Crippen LogP contribution in [0.1, 0.15) is 45.4 Å². The first-order chi connectivity index (χ1) is 7.12. The van der Waals surface area contributed by atoms with Gasteiger partial charge in [-0.2, -0.15) is 0 Å². The van der Waals surface area contributed by atoms with Gasteiger partial charge < -0.3 is 10.5 Å². The zero-order valence-corrected chi connectivity index (χ0v) is 9.71. The van der Waals surface area contributed by atoms with Crippen molar-refractivity contribution in [2.75, 3.05) is 7.11 Å². The van der Waals surface area contributed by atoms with Crippen LogP contribution in [-0.4, -0.2) is 19.1 Å². The molecule has 0 saturated heterocycles. The van der Waals surface area contributed by atoms with E-state index >= 15 is 0 Å². The van der Waals surface area contributed by atoms with Gasteiger partial charge in [-0.1, -0.05) is 13.3 Å². The molecule has 2 saturated carbocycles. The van der Waals surface area contributed by atoms with Crippen molar-refractivity contribution in [2.24, 2.45) is 16.6 Å². The fraction of sp³-hybridized carbons (Fsp3) is 0.917. The van der Waals surface area contributed by atoms with Crippen LogP contribution < -0.4 is 5.73 Å². The van der Waals surface area contributed by atoms with Crippen molar-refractivity contribution in [3.8, 4) is 0 Å². The molecule has 2 rings (SSSR count). The Labute approximate surface area is 91.4 Å². The zero-order valence-electron chi connectivity index (χ0n) is 9.71. The first-order valence-corrected chi connectivity index (χ1v) is 5.95. The molecule has 2 aliphatic carbocycles. The van der Waals surface area contributed by atoms with Crippen LogP contribution in [0.4, 0.5) is 0 Å². The topological polar surface area (TPSA) is 52.3 Å². The van der Waals surface area contributed by atoms with Crippen LogP contribution in [0.15, 0.2) is 0 Å². The molecule has 1 atom stereocenters. The smallest absolute Gasteiger partial charge is 0.323 e. The van der Waals surface area contributed by atoms with E-state index in [-0.39, 0.29) is 11.4 Å². The van der Waals surface area contributed by atoms with Crippen molar-refractivity contribution in [3.63, 3.8) is 0 Å². The highest BCUT2D eigenvalue weighted by molar-refractivity contribution is 5.77. The Morgan fingerprint density at radius 1 is 1.40 bits per heavy atom. The van der Waals surface area contributed by atoms with Crippen LogP contribution in [0.5, 0.6) is 0 Å². The van der Waals surface area contributed by atoms with Crippen LogP contribution >= 0.6 is 0 Å². The second-order valence-electron chi connectivity index (χ2n) is 5.14. The lowest BCUT2D eigenvalue weighted by Crippen LogP contribution is -2.52. The normalized spacial score (nSPS) is 27.7. The molecule has 0 aromatic rings. The largest absolute Gasteiger partial charge is 0.468 e. The number of nitrogens with two attached hydrogens (primary N) is 1. The summed E-state index contributed by atoms with van der Waals surface area (Å²) in [6, 6.07) is -0.400. The number of carbonyl (C=O) groups is 1. The average molecular weight is 211 g/mol. The minimum atomic E-state index is -0.400. The van der Waals surface area contributed by atoms with E-state index in [0.29, 0.717) is 5.41 Å². The minimum Gasteiger partial charge on any atom is -0.468 e. The fourth-order valence-electron chi connectivity index (χ4n) is 3.47. The Bertz CT molecular complexity index is 261. The average Bonchev–Trinajstić information content (AvgIpc) is 2.96. The van der Waals surface area contributed by atoms with Gasteiger partial charge in [-0.15, -0.1) is 0 Å². The van der Waals surface area contributed by atoms with Crippen LogP contribution in [0.3, 0.4) is 0 Å². The van der Waals surface area contributed by atoms with Crippen LogP contribution in [-0.2, 0) is 9.53 Å². The lowest BCUT2D eigenvalue weighted by Gasteiger charge is -2.50. The third-order valence-corrected chi connectivity index (χ3v) is 4.88. The summed E-state index contributed by atoms with van der Waals surface area (Å²) in [6.07, 6.45) is 7.15. The Kier molecular flexibility index (Phi) is 2.53. The number of hydrogen-bond acceptors (Lipinski definition) is 3. The van der Waals surface area contributed by atoms with Crippen LogP contribution in [0, 0.1) is 10.8 Å². The molecule has 86 valence electrons. The lowest BCUT2D eigenvalue weighted by atomic mass is 9.55. The van der Waals surface area contributed by atoms with Gasteiger partial charge >= 0.3 is 5.97 Å². The number of esters is 1. The molecule has 0 bridgehead atoms. The van der Waals surface area contributed by atoms with Gasteiger partial charge in [0.1, 0.15) is 6.04 Å².